The molecule has 0 saturated heterocycles. The first-order valence-corrected chi connectivity index (χ1v) is 5.04. The zero-order valence-electron chi connectivity index (χ0n) is 8.13. The Bertz CT molecular complexity index is 330. The van der Waals surface area contributed by atoms with E-state index in [1.54, 1.807) is 6.07 Å². The third-order valence-electron chi connectivity index (χ3n) is 1.94. The van der Waals surface area contributed by atoms with Crippen molar-refractivity contribution >= 4 is 11.6 Å². The van der Waals surface area contributed by atoms with Crippen molar-refractivity contribution in [2.75, 3.05) is 6.54 Å². The lowest BCUT2D eigenvalue weighted by molar-refractivity contribution is 0.621. The summed E-state index contributed by atoms with van der Waals surface area (Å²) in [5.41, 5.74) is 0.852. The third-order valence-corrected chi connectivity index (χ3v) is 2.29. The largest absolute Gasteiger partial charge is 0.298 e. The SMILES string of the molecule is CCCNC(C#N)c1ccccc1Cl. The summed E-state index contributed by atoms with van der Waals surface area (Å²) >= 11 is 5.99. The molecule has 0 radical (unpaired) electrons. The van der Waals surface area contributed by atoms with Crippen molar-refractivity contribution in [3.05, 3.63) is 34.9 Å². The summed E-state index contributed by atoms with van der Waals surface area (Å²) in [5, 5.41) is 12.7. The van der Waals surface area contributed by atoms with E-state index in [0.29, 0.717) is 5.02 Å². The van der Waals surface area contributed by atoms with Gasteiger partial charge in [0.05, 0.1) is 6.07 Å². The summed E-state index contributed by atoms with van der Waals surface area (Å²) in [6.07, 6.45) is 1.00. The van der Waals surface area contributed by atoms with Crippen molar-refractivity contribution in [2.24, 2.45) is 0 Å². The third kappa shape index (κ3) is 2.73. The minimum Gasteiger partial charge on any atom is -0.298 e. The van der Waals surface area contributed by atoms with E-state index in [2.05, 4.69) is 18.3 Å². The van der Waals surface area contributed by atoms with Gasteiger partial charge in [-0.1, -0.05) is 36.7 Å². The summed E-state index contributed by atoms with van der Waals surface area (Å²) < 4.78 is 0. The van der Waals surface area contributed by atoms with Gasteiger partial charge in [-0.05, 0) is 19.0 Å². The number of nitrogens with zero attached hydrogens (tertiary/aromatic N) is 1. The molecule has 0 aliphatic heterocycles. The van der Waals surface area contributed by atoms with Gasteiger partial charge in [-0.15, -0.1) is 0 Å². The van der Waals surface area contributed by atoms with Gasteiger partial charge < -0.3 is 0 Å². The number of nitrogens with one attached hydrogen (secondary N) is 1. The minimum absolute atomic E-state index is 0.302. The molecule has 0 bridgehead atoms. The van der Waals surface area contributed by atoms with E-state index in [1.165, 1.54) is 0 Å². The van der Waals surface area contributed by atoms with E-state index in [4.69, 9.17) is 16.9 Å². The van der Waals surface area contributed by atoms with E-state index in [1.807, 2.05) is 18.2 Å². The van der Waals surface area contributed by atoms with Crippen LogP contribution < -0.4 is 5.32 Å². The first kappa shape index (κ1) is 11.0. The Labute approximate surface area is 89.5 Å². The van der Waals surface area contributed by atoms with Gasteiger partial charge in [0.25, 0.3) is 0 Å². The quantitative estimate of drug-likeness (QED) is 0.826. The van der Waals surface area contributed by atoms with Gasteiger partial charge in [-0.2, -0.15) is 5.26 Å². The van der Waals surface area contributed by atoms with Crippen molar-refractivity contribution in [1.82, 2.24) is 5.32 Å². The van der Waals surface area contributed by atoms with Gasteiger partial charge in [0.2, 0.25) is 0 Å². The Hall–Kier alpha value is -1.04. The zero-order chi connectivity index (χ0) is 10.4. The lowest BCUT2D eigenvalue weighted by Crippen LogP contribution is -2.20. The van der Waals surface area contributed by atoms with Crippen LogP contribution in [0.4, 0.5) is 0 Å². The maximum Gasteiger partial charge on any atom is 0.122 e. The van der Waals surface area contributed by atoms with E-state index >= 15 is 0 Å². The molecule has 1 atom stereocenters. The maximum absolute atomic E-state index is 8.96. The Balaban J connectivity index is 2.80. The van der Waals surface area contributed by atoms with Crippen LogP contribution in [0.1, 0.15) is 24.9 Å². The molecule has 1 unspecified atom stereocenters. The molecule has 0 aromatic heterocycles. The van der Waals surface area contributed by atoms with Crippen molar-refractivity contribution in [2.45, 2.75) is 19.4 Å². The van der Waals surface area contributed by atoms with Crippen LogP contribution in [-0.4, -0.2) is 6.54 Å². The average molecular weight is 209 g/mol. The van der Waals surface area contributed by atoms with Crippen LogP contribution in [0.15, 0.2) is 24.3 Å². The van der Waals surface area contributed by atoms with Gasteiger partial charge in [0.1, 0.15) is 6.04 Å². The topological polar surface area (TPSA) is 35.8 Å². The van der Waals surface area contributed by atoms with Crippen molar-refractivity contribution in [1.29, 1.82) is 5.26 Å². The fraction of sp³-hybridized carbons (Fsp3) is 0.364. The fourth-order valence-corrected chi connectivity index (χ4v) is 1.47. The molecule has 74 valence electrons. The molecule has 0 saturated carbocycles. The standard InChI is InChI=1S/C11H13ClN2/c1-2-7-14-11(8-13)9-5-3-4-6-10(9)12/h3-6,11,14H,2,7H2,1H3. The number of benzene rings is 1. The molecule has 14 heavy (non-hydrogen) atoms. The van der Waals surface area contributed by atoms with Gasteiger partial charge in [-0.3, -0.25) is 5.32 Å². The molecule has 0 spiro atoms. The van der Waals surface area contributed by atoms with Crippen LogP contribution in [0.25, 0.3) is 0 Å². The molecule has 1 aromatic carbocycles. The molecule has 1 aromatic rings. The molecular formula is C11H13ClN2. The first-order valence-electron chi connectivity index (χ1n) is 4.67. The summed E-state index contributed by atoms with van der Waals surface area (Å²) in [5.74, 6) is 0. The lowest BCUT2D eigenvalue weighted by Gasteiger charge is -2.12. The van der Waals surface area contributed by atoms with E-state index < -0.39 is 0 Å². The van der Waals surface area contributed by atoms with Gasteiger partial charge in [0.15, 0.2) is 0 Å². The van der Waals surface area contributed by atoms with Gasteiger partial charge in [-0.25, -0.2) is 0 Å². The molecule has 0 amide bonds. The molecule has 2 nitrogen and oxygen atoms in total. The maximum atomic E-state index is 8.96. The molecule has 0 fully saturated rings. The molecule has 3 heteroatoms. The van der Waals surface area contributed by atoms with Crippen LogP contribution in [0.5, 0.6) is 0 Å². The van der Waals surface area contributed by atoms with E-state index in [-0.39, 0.29) is 6.04 Å². The molecule has 0 aliphatic rings. The highest BCUT2D eigenvalue weighted by molar-refractivity contribution is 6.31. The van der Waals surface area contributed by atoms with Crippen LogP contribution in [0.3, 0.4) is 0 Å². The first-order chi connectivity index (χ1) is 6.79. The summed E-state index contributed by atoms with van der Waals surface area (Å²) in [6.45, 7) is 2.89. The summed E-state index contributed by atoms with van der Waals surface area (Å²) in [7, 11) is 0. The number of rotatable bonds is 4. The second-order valence-corrected chi connectivity index (χ2v) is 3.44. The predicted molar refractivity (Wildman–Crippen MR) is 58.1 cm³/mol. The Kier molecular flexibility index (Phi) is 4.45. The van der Waals surface area contributed by atoms with E-state index in [9.17, 15) is 0 Å². The normalized spacial score (nSPS) is 12.1. The van der Waals surface area contributed by atoms with Crippen LogP contribution in [0.2, 0.25) is 5.02 Å². The summed E-state index contributed by atoms with van der Waals surface area (Å²) in [6, 6.07) is 9.32. The highest BCUT2D eigenvalue weighted by Crippen LogP contribution is 2.21. The van der Waals surface area contributed by atoms with Gasteiger partial charge in [0, 0.05) is 10.6 Å². The Morgan fingerprint density at radius 3 is 2.79 bits per heavy atom. The smallest absolute Gasteiger partial charge is 0.122 e. The van der Waals surface area contributed by atoms with Gasteiger partial charge >= 0.3 is 0 Å². The molecule has 0 aliphatic carbocycles. The number of hydrogen-bond donors (Lipinski definition) is 1. The number of hydrogen-bond acceptors (Lipinski definition) is 2. The monoisotopic (exact) mass is 208 g/mol. The van der Waals surface area contributed by atoms with Crippen LogP contribution >= 0.6 is 11.6 Å². The van der Waals surface area contributed by atoms with Crippen LogP contribution in [0, 0.1) is 11.3 Å². The second-order valence-electron chi connectivity index (χ2n) is 3.04. The highest BCUT2D eigenvalue weighted by atomic mass is 35.5. The molecule has 1 N–H and O–H groups in total. The second kappa shape index (κ2) is 5.64. The minimum atomic E-state index is -0.302. The number of nitriles is 1. The molecular weight excluding hydrogens is 196 g/mol. The Morgan fingerprint density at radius 2 is 2.21 bits per heavy atom. The van der Waals surface area contributed by atoms with E-state index in [0.717, 1.165) is 18.5 Å². The van der Waals surface area contributed by atoms with Crippen molar-refractivity contribution < 1.29 is 0 Å². The van der Waals surface area contributed by atoms with Crippen molar-refractivity contribution in [3.63, 3.8) is 0 Å². The zero-order valence-corrected chi connectivity index (χ0v) is 8.88. The molecule has 0 heterocycles. The lowest BCUT2D eigenvalue weighted by atomic mass is 10.1. The van der Waals surface area contributed by atoms with Crippen molar-refractivity contribution in [3.8, 4) is 6.07 Å². The molecule has 1 rings (SSSR count). The average Bonchev–Trinajstić information content (AvgIpc) is 2.21. The number of halogens is 1. The Morgan fingerprint density at radius 1 is 1.50 bits per heavy atom. The fourth-order valence-electron chi connectivity index (χ4n) is 1.22. The summed E-state index contributed by atoms with van der Waals surface area (Å²) in [4.78, 5) is 0. The predicted octanol–water partition coefficient (Wildman–Crippen LogP) is 2.90. The highest BCUT2D eigenvalue weighted by Gasteiger charge is 2.11. The van der Waals surface area contributed by atoms with Crippen LogP contribution in [-0.2, 0) is 0 Å².